The molecule has 166 valence electrons. The number of hydrogen-bond donors (Lipinski definition) is 0. The molecule has 7 nitrogen and oxygen atoms in total. The molecule has 1 saturated heterocycles. The average molecular weight is 430 g/mol. The molecular formula is C25H31N7. The van der Waals surface area contributed by atoms with Crippen LogP contribution in [0.3, 0.4) is 0 Å². The zero-order valence-electron chi connectivity index (χ0n) is 19.0. The first-order valence-electron chi connectivity index (χ1n) is 11.7. The molecule has 0 N–H and O–H groups in total. The van der Waals surface area contributed by atoms with Crippen molar-refractivity contribution in [2.45, 2.75) is 38.8 Å². The van der Waals surface area contributed by atoms with E-state index in [1.54, 1.807) is 0 Å². The fourth-order valence-corrected chi connectivity index (χ4v) is 5.21. The molecule has 1 fully saturated rings. The molecule has 5 rings (SSSR count). The lowest BCUT2D eigenvalue weighted by atomic mass is 9.90. The Morgan fingerprint density at radius 1 is 1.16 bits per heavy atom. The number of nitrogens with zero attached hydrogens (tertiary/aromatic N) is 7. The number of anilines is 1. The number of aryl methyl sites for hydroxylation is 1. The largest absolute Gasteiger partial charge is 0.355 e. The third kappa shape index (κ3) is 3.74. The average Bonchev–Trinajstić information content (AvgIpc) is 3.20. The fraction of sp³-hybridized carbons (Fsp3) is 0.480. The van der Waals surface area contributed by atoms with Gasteiger partial charge in [-0.05, 0) is 56.6 Å². The number of likely N-dealkylation sites (N-methyl/N-ethyl adjacent to an activating group) is 1. The Hall–Kier alpha value is -2.95. The Morgan fingerprint density at radius 2 is 2.00 bits per heavy atom. The summed E-state index contributed by atoms with van der Waals surface area (Å²) in [6.45, 7) is 7.71. The van der Waals surface area contributed by atoms with Gasteiger partial charge in [0.2, 0.25) is 0 Å². The zero-order chi connectivity index (χ0) is 22.1. The number of fused-ring (bicyclic) bond motifs is 2. The highest BCUT2D eigenvalue weighted by molar-refractivity contribution is 5.57. The number of hydrogen-bond acceptors (Lipinski definition) is 6. The summed E-state index contributed by atoms with van der Waals surface area (Å²) >= 11 is 0. The van der Waals surface area contributed by atoms with Crippen LogP contribution < -0.4 is 4.90 Å². The van der Waals surface area contributed by atoms with Crippen molar-refractivity contribution in [3.05, 3.63) is 59.2 Å². The van der Waals surface area contributed by atoms with Gasteiger partial charge in [0.15, 0.2) is 5.69 Å². The summed E-state index contributed by atoms with van der Waals surface area (Å²) < 4.78 is 2.06. The number of nitriles is 1. The van der Waals surface area contributed by atoms with Crippen molar-refractivity contribution in [2.75, 3.05) is 44.7 Å². The van der Waals surface area contributed by atoms with Crippen molar-refractivity contribution in [2.24, 2.45) is 0 Å². The first-order chi connectivity index (χ1) is 15.7. The predicted molar refractivity (Wildman–Crippen MR) is 126 cm³/mol. The summed E-state index contributed by atoms with van der Waals surface area (Å²) in [7, 11) is 2.16. The monoisotopic (exact) mass is 429 g/mol. The smallest absolute Gasteiger partial charge is 0.150 e. The minimum absolute atomic E-state index is 0.276. The molecule has 1 atom stereocenters. The van der Waals surface area contributed by atoms with E-state index in [0.717, 1.165) is 62.7 Å². The van der Waals surface area contributed by atoms with Gasteiger partial charge in [-0.25, -0.2) is 4.98 Å². The fourth-order valence-electron chi connectivity index (χ4n) is 5.21. The second-order valence-electron chi connectivity index (χ2n) is 8.91. The normalized spacial score (nSPS) is 19.3. The standard InChI is InChI=1S/C25H31N7/c1-3-30(21-9-4-7-19-8-6-12-27-25(19)21)18-20-22(17-26)32-23(28-20)10-5-11-24(32)31-15-13-29(2)14-16-31/h5-6,8,10-12,21H,3-4,7,9,13-16,18H2,1-2H3/t21-/m0/s1. The maximum absolute atomic E-state index is 10.2. The molecule has 0 unspecified atom stereocenters. The first kappa shape index (κ1) is 20.9. The van der Waals surface area contributed by atoms with Crippen LogP contribution in [0.2, 0.25) is 0 Å². The molecule has 3 aromatic rings. The predicted octanol–water partition coefficient (Wildman–Crippen LogP) is 3.25. The Morgan fingerprint density at radius 3 is 2.78 bits per heavy atom. The lowest BCUT2D eigenvalue weighted by Crippen LogP contribution is -2.45. The van der Waals surface area contributed by atoms with Gasteiger partial charge < -0.3 is 9.80 Å². The van der Waals surface area contributed by atoms with Crippen LogP contribution in [-0.2, 0) is 13.0 Å². The van der Waals surface area contributed by atoms with Crippen molar-refractivity contribution >= 4 is 11.5 Å². The summed E-state index contributed by atoms with van der Waals surface area (Å²) in [6.07, 6.45) is 5.27. The quantitative estimate of drug-likeness (QED) is 0.620. The molecule has 4 heterocycles. The second-order valence-corrected chi connectivity index (χ2v) is 8.91. The SMILES string of the molecule is CCN(Cc1nc2cccc(N3CCN(C)CC3)n2c1C#N)[C@H]1CCCc2cccnc21. The molecule has 0 bridgehead atoms. The van der Waals surface area contributed by atoms with Gasteiger partial charge in [-0.3, -0.25) is 14.3 Å². The Labute approximate surface area is 189 Å². The number of aromatic nitrogens is 3. The third-order valence-electron chi connectivity index (χ3n) is 6.99. The molecule has 0 aromatic carbocycles. The van der Waals surface area contributed by atoms with Crippen molar-refractivity contribution in [1.82, 2.24) is 24.2 Å². The van der Waals surface area contributed by atoms with Gasteiger partial charge in [-0.2, -0.15) is 5.26 Å². The lowest BCUT2D eigenvalue weighted by Gasteiger charge is -2.34. The molecule has 0 spiro atoms. The van der Waals surface area contributed by atoms with E-state index in [4.69, 9.17) is 9.97 Å². The highest BCUT2D eigenvalue weighted by Crippen LogP contribution is 2.34. The number of imidazole rings is 1. The molecule has 0 saturated carbocycles. The molecule has 1 aliphatic carbocycles. The molecule has 2 aliphatic rings. The van der Waals surface area contributed by atoms with Gasteiger partial charge in [-0.1, -0.05) is 19.1 Å². The Kier molecular flexibility index (Phi) is 5.81. The van der Waals surface area contributed by atoms with Crippen LogP contribution in [0.5, 0.6) is 0 Å². The summed E-state index contributed by atoms with van der Waals surface area (Å²) in [4.78, 5) is 16.8. The summed E-state index contributed by atoms with van der Waals surface area (Å²) in [5.41, 5.74) is 4.92. The van der Waals surface area contributed by atoms with Crippen molar-refractivity contribution in [3.8, 4) is 6.07 Å². The third-order valence-corrected chi connectivity index (χ3v) is 6.99. The van der Waals surface area contributed by atoms with Crippen LogP contribution >= 0.6 is 0 Å². The van der Waals surface area contributed by atoms with Crippen LogP contribution in [0.4, 0.5) is 5.82 Å². The minimum Gasteiger partial charge on any atom is -0.355 e. The van der Waals surface area contributed by atoms with Gasteiger partial charge in [0, 0.05) is 38.9 Å². The summed E-state index contributed by atoms with van der Waals surface area (Å²) in [6, 6.07) is 13.2. The number of pyridine rings is 2. The van der Waals surface area contributed by atoms with Gasteiger partial charge in [0.05, 0.1) is 17.4 Å². The van der Waals surface area contributed by atoms with Crippen LogP contribution in [0, 0.1) is 11.3 Å². The lowest BCUT2D eigenvalue weighted by molar-refractivity contribution is 0.173. The molecule has 1 aliphatic heterocycles. The van der Waals surface area contributed by atoms with E-state index in [2.05, 4.69) is 57.3 Å². The first-order valence-corrected chi connectivity index (χ1v) is 11.7. The Balaban J connectivity index is 1.50. The van der Waals surface area contributed by atoms with Crippen LogP contribution in [-0.4, -0.2) is 63.9 Å². The van der Waals surface area contributed by atoms with E-state index in [1.165, 1.54) is 17.7 Å². The van der Waals surface area contributed by atoms with E-state index in [1.807, 2.05) is 18.3 Å². The van der Waals surface area contributed by atoms with E-state index >= 15 is 0 Å². The zero-order valence-corrected chi connectivity index (χ0v) is 19.0. The van der Waals surface area contributed by atoms with Crippen LogP contribution in [0.1, 0.15) is 48.5 Å². The van der Waals surface area contributed by atoms with E-state index in [9.17, 15) is 5.26 Å². The summed E-state index contributed by atoms with van der Waals surface area (Å²) in [5.74, 6) is 1.07. The van der Waals surface area contributed by atoms with Gasteiger partial charge in [0.1, 0.15) is 17.5 Å². The number of rotatable bonds is 5. The van der Waals surface area contributed by atoms with E-state index in [0.29, 0.717) is 12.2 Å². The second kappa shape index (κ2) is 8.89. The highest BCUT2D eigenvalue weighted by atomic mass is 15.3. The molecular weight excluding hydrogens is 398 g/mol. The van der Waals surface area contributed by atoms with Crippen molar-refractivity contribution in [1.29, 1.82) is 5.26 Å². The van der Waals surface area contributed by atoms with Crippen LogP contribution in [0.15, 0.2) is 36.5 Å². The number of piperazine rings is 1. The highest BCUT2D eigenvalue weighted by Gasteiger charge is 2.28. The van der Waals surface area contributed by atoms with Gasteiger partial charge >= 0.3 is 0 Å². The van der Waals surface area contributed by atoms with Gasteiger partial charge in [0.25, 0.3) is 0 Å². The van der Waals surface area contributed by atoms with Gasteiger partial charge in [-0.15, -0.1) is 0 Å². The molecule has 3 aromatic heterocycles. The maximum Gasteiger partial charge on any atom is 0.150 e. The Bertz CT molecular complexity index is 1140. The molecule has 32 heavy (non-hydrogen) atoms. The summed E-state index contributed by atoms with van der Waals surface area (Å²) in [5, 5.41) is 10.2. The molecule has 7 heteroatoms. The van der Waals surface area contributed by atoms with Crippen molar-refractivity contribution < 1.29 is 0 Å². The molecule has 0 amide bonds. The van der Waals surface area contributed by atoms with E-state index in [-0.39, 0.29) is 6.04 Å². The van der Waals surface area contributed by atoms with Crippen molar-refractivity contribution in [3.63, 3.8) is 0 Å². The van der Waals surface area contributed by atoms with E-state index < -0.39 is 0 Å². The minimum atomic E-state index is 0.276. The molecule has 0 radical (unpaired) electrons. The van der Waals surface area contributed by atoms with Crippen LogP contribution in [0.25, 0.3) is 5.65 Å². The topological polar surface area (TPSA) is 63.7 Å². The maximum atomic E-state index is 10.2.